The lowest BCUT2D eigenvalue weighted by Gasteiger charge is -2.01. The minimum atomic E-state index is -1.02. The van der Waals surface area contributed by atoms with E-state index in [1.54, 1.807) is 0 Å². The molecule has 0 fully saturated rings. The van der Waals surface area contributed by atoms with Crippen LogP contribution in [0.15, 0.2) is 34.7 Å². The van der Waals surface area contributed by atoms with Gasteiger partial charge in [0.15, 0.2) is 0 Å². The molecular formula is C11H11NO3. The third-order valence-corrected chi connectivity index (χ3v) is 2.21. The molecule has 3 N–H and O–H groups in total. The molecular weight excluding hydrogens is 194 g/mol. The van der Waals surface area contributed by atoms with Gasteiger partial charge in [0.25, 0.3) is 0 Å². The maximum Gasteiger partial charge on any atom is 0.320 e. The van der Waals surface area contributed by atoms with E-state index in [0.29, 0.717) is 5.76 Å². The Morgan fingerprint density at radius 3 is 2.87 bits per heavy atom. The van der Waals surface area contributed by atoms with Crippen LogP contribution in [0.4, 0.5) is 0 Å². The van der Waals surface area contributed by atoms with Gasteiger partial charge < -0.3 is 15.3 Å². The summed E-state index contributed by atoms with van der Waals surface area (Å²) in [7, 11) is 0. The van der Waals surface area contributed by atoms with Crippen LogP contribution in [-0.4, -0.2) is 17.1 Å². The van der Waals surface area contributed by atoms with Crippen molar-refractivity contribution in [3.8, 4) is 0 Å². The van der Waals surface area contributed by atoms with Crippen LogP contribution in [-0.2, 0) is 11.2 Å². The number of furan rings is 1. The van der Waals surface area contributed by atoms with Crippen molar-refractivity contribution in [3.63, 3.8) is 0 Å². The minimum Gasteiger partial charge on any atom is -0.480 e. The standard InChI is InChI=1S/C11H11NO3/c12-9(11(13)14)6-8-5-7-3-1-2-4-10(7)15-8/h1-5,9H,6,12H2,(H,13,14)/t9-/m1/s1. The van der Waals surface area contributed by atoms with E-state index in [4.69, 9.17) is 15.3 Å². The lowest BCUT2D eigenvalue weighted by atomic mass is 10.2. The molecule has 0 aliphatic rings. The average Bonchev–Trinajstić information content (AvgIpc) is 2.59. The highest BCUT2D eigenvalue weighted by atomic mass is 16.4. The van der Waals surface area contributed by atoms with E-state index in [9.17, 15) is 4.79 Å². The van der Waals surface area contributed by atoms with Crippen molar-refractivity contribution in [1.29, 1.82) is 0 Å². The summed E-state index contributed by atoms with van der Waals surface area (Å²) in [4.78, 5) is 10.6. The summed E-state index contributed by atoms with van der Waals surface area (Å²) >= 11 is 0. The molecule has 0 saturated carbocycles. The number of benzene rings is 1. The van der Waals surface area contributed by atoms with Gasteiger partial charge in [-0.05, 0) is 12.1 Å². The van der Waals surface area contributed by atoms with Crippen LogP contribution >= 0.6 is 0 Å². The smallest absolute Gasteiger partial charge is 0.320 e. The predicted octanol–water partition coefficient (Wildman–Crippen LogP) is 1.39. The first-order valence-electron chi connectivity index (χ1n) is 4.62. The summed E-state index contributed by atoms with van der Waals surface area (Å²) in [5.41, 5.74) is 6.17. The van der Waals surface area contributed by atoms with E-state index in [0.717, 1.165) is 11.0 Å². The Morgan fingerprint density at radius 1 is 1.47 bits per heavy atom. The van der Waals surface area contributed by atoms with Crippen molar-refractivity contribution < 1.29 is 14.3 Å². The molecule has 0 bridgehead atoms. The minimum absolute atomic E-state index is 0.212. The van der Waals surface area contributed by atoms with Crippen LogP contribution < -0.4 is 5.73 Å². The van der Waals surface area contributed by atoms with E-state index in [1.807, 2.05) is 30.3 Å². The molecule has 2 rings (SSSR count). The molecule has 4 heteroatoms. The summed E-state index contributed by atoms with van der Waals surface area (Å²) in [6.07, 6.45) is 0.212. The lowest BCUT2D eigenvalue weighted by molar-refractivity contribution is -0.138. The molecule has 1 atom stereocenters. The number of hydrogen-bond acceptors (Lipinski definition) is 3. The maximum absolute atomic E-state index is 10.6. The fraction of sp³-hybridized carbons (Fsp3) is 0.182. The zero-order valence-electron chi connectivity index (χ0n) is 8.01. The molecule has 0 radical (unpaired) electrons. The Hall–Kier alpha value is -1.81. The molecule has 1 heterocycles. The summed E-state index contributed by atoms with van der Waals surface area (Å²) in [5, 5.41) is 9.61. The van der Waals surface area contributed by atoms with E-state index in [1.165, 1.54) is 0 Å². The summed E-state index contributed by atoms with van der Waals surface area (Å²) < 4.78 is 5.45. The number of rotatable bonds is 3. The topological polar surface area (TPSA) is 76.5 Å². The van der Waals surface area contributed by atoms with Crippen LogP contribution in [0.3, 0.4) is 0 Å². The van der Waals surface area contributed by atoms with Gasteiger partial charge in [0.1, 0.15) is 17.4 Å². The van der Waals surface area contributed by atoms with Gasteiger partial charge in [0.05, 0.1) is 0 Å². The second kappa shape index (κ2) is 3.74. The van der Waals surface area contributed by atoms with Gasteiger partial charge in [-0.25, -0.2) is 0 Å². The van der Waals surface area contributed by atoms with Gasteiger partial charge in [0, 0.05) is 11.8 Å². The highest BCUT2D eigenvalue weighted by Gasteiger charge is 2.14. The Kier molecular flexibility index (Phi) is 2.43. The number of fused-ring (bicyclic) bond motifs is 1. The fourth-order valence-corrected chi connectivity index (χ4v) is 1.44. The maximum atomic E-state index is 10.6. The monoisotopic (exact) mass is 205 g/mol. The van der Waals surface area contributed by atoms with Crippen molar-refractivity contribution in [3.05, 3.63) is 36.1 Å². The van der Waals surface area contributed by atoms with Crippen molar-refractivity contribution in [2.24, 2.45) is 5.73 Å². The lowest BCUT2D eigenvalue weighted by Crippen LogP contribution is -2.32. The Labute approximate surface area is 86.3 Å². The quantitative estimate of drug-likeness (QED) is 0.793. The van der Waals surface area contributed by atoms with Crippen LogP contribution in [0.1, 0.15) is 5.76 Å². The van der Waals surface area contributed by atoms with Crippen LogP contribution in [0.25, 0.3) is 11.0 Å². The van der Waals surface area contributed by atoms with E-state index < -0.39 is 12.0 Å². The molecule has 0 saturated heterocycles. The number of nitrogens with two attached hydrogens (primary N) is 1. The predicted molar refractivity (Wildman–Crippen MR) is 55.5 cm³/mol. The highest BCUT2D eigenvalue weighted by molar-refractivity contribution is 5.78. The molecule has 2 aromatic rings. The third kappa shape index (κ3) is 1.99. The highest BCUT2D eigenvalue weighted by Crippen LogP contribution is 2.19. The first kappa shape index (κ1) is 9.73. The zero-order valence-corrected chi connectivity index (χ0v) is 8.01. The molecule has 15 heavy (non-hydrogen) atoms. The zero-order chi connectivity index (χ0) is 10.8. The first-order valence-corrected chi connectivity index (χ1v) is 4.62. The van der Waals surface area contributed by atoms with Crippen molar-refractivity contribution in [1.82, 2.24) is 0 Å². The SMILES string of the molecule is N[C@H](Cc1cc2ccccc2o1)C(=O)O. The Morgan fingerprint density at radius 2 is 2.20 bits per heavy atom. The van der Waals surface area contributed by atoms with Gasteiger partial charge in [-0.1, -0.05) is 18.2 Å². The molecule has 1 aromatic heterocycles. The number of hydrogen-bond donors (Lipinski definition) is 2. The van der Waals surface area contributed by atoms with Crippen molar-refractivity contribution >= 4 is 16.9 Å². The molecule has 78 valence electrons. The first-order chi connectivity index (χ1) is 7.16. The number of carboxylic acid groups (broad SMARTS) is 1. The van der Waals surface area contributed by atoms with Crippen LogP contribution in [0, 0.1) is 0 Å². The molecule has 0 aliphatic carbocycles. The molecule has 0 unspecified atom stereocenters. The van der Waals surface area contributed by atoms with Gasteiger partial charge in [-0.15, -0.1) is 0 Å². The normalized spacial score (nSPS) is 12.9. The number of carboxylic acids is 1. The molecule has 4 nitrogen and oxygen atoms in total. The summed E-state index contributed by atoms with van der Waals surface area (Å²) in [5.74, 6) is -0.415. The molecule has 0 aliphatic heterocycles. The molecule has 1 aromatic carbocycles. The van der Waals surface area contributed by atoms with E-state index >= 15 is 0 Å². The van der Waals surface area contributed by atoms with E-state index in [2.05, 4.69) is 0 Å². The third-order valence-electron chi connectivity index (χ3n) is 2.21. The van der Waals surface area contributed by atoms with E-state index in [-0.39, 0.29) is 6.42 Å². The van der Waals surface area contributed by atoms with Crippen molar-refractivity contribution in [2.45, 2.75) is 12.5 Å². The Bertz CT molecular complexity index is 456. The van der Waals surface area contributed by atoms with Crippen LogP contribution in [0.5, 0.6) is 0 Å². The van der Waals surface area contributed by atoms with Gasteiger partial charge in [-0.2, -0.15) is 0 Å². The van der Waals surface area contributed by atoms with Crippen LogP contribution in [0.2, 0.25) is 0 Å². The second-order valence-electron chi connectivity index (χ2n) is 3.40. The average molecular weight is 205 g/mol. The summed E-state index contributed by atoms with van der Waals surface area (Å²) in [6, 6.07) is 8.43. The Balaban J connectivity index is 2.26. The fourth-order valence-electron chi connectivity index (χ4n) is 1.44. The number of carbonyl (C=O) groups is 1. The second-order valence-corrected chi connectivity index (χ2v) is 3.40. The summed E-state index contributed by atoms with van der Waals surface area (Å²) in [6.45, 7) is 0. The largest absolute Gasteiger partial charge is 0.480 e. The van der Waals surface area contributed by atoms with Gasteiger partial charge in [-0.3, -0.25) is 4.79 Å². The van der Waals surface area contributed by atoms with Gasteiger partial charge >= 0.3 is 5.97 Å². The molecule has 0 amide bonds. The number of aliphatic carboxylic acids is 1. The van der Waals surface area contributed by atoms with Crippen molar-refractivity contribution in [2.75, 3.05) is 0 Å². The molecule has 0 spiro atoms. The van der Waals surface area contributed by atoms with Gasteiger partial charge in [0.2, 0.25) is 0 Å². The number of para-hydroxylation sites is 1.